The number of carboxylic acid groups (broad SMARTS) is 1. The van der Waals surface area contributed by atoms with E-state index < -0.39 is 5.97 Å². The van der Waals surface area contributed by atoms with E-state index in [2.05, 4.69) is 0 Å². The van der Waals surface area contributed by atoms with Crippen LogP contribution in [0.5, 0.6) is 0 Å². The van der Waals surface area contributed by atoms with Crippen LogP contribution >= 0.6 is 0 Å². The molecule has 0 spiro atoms. The standard InChI is InChI=1S/C11H20O2/c1-2-10(11(12)13)8-7-9-5-3-4-6-9/h9-10H,2-8H2,1H3,(H,12,13). The van der Waals surface area contributed by atoms with Gasteiger partial charge in [0.15, 0.2) is 0 Å². The van der Waals surface area contributed by atoms with Crippen LogP contribution in [0.3, 0.4) is 0 Å². The average Bonchev–Trinajstić information content (AvgIpc) is 2.57. The fourth-order valence-electron chi connectivity index (χ4n) is 2.24. The molecular formula is C11H20O2. The first-order valence-corrected chi connectivity index (χ1v) is 5.46. The summed E-state index contributed by atoms with van der Waals surface area (Å²) in [6.45, 7) is 1.97. The van der Waals surface area contributed by atoms with E-state index >= 15 is 0 Å². The molecule has 1 fully saturated rings. The van der Waals surface area contributed by atoms with Gasteiger partial charge in [-0.2, -0.15) is 0 Å². The first-order chi connectivity index (χ1) is 6.24. The van der Waals surface area contributed by atoms with Crippen LogP contribution in [0.15, 0.2) is 0 Å². The van der Waals surface area contributed by atoms with Crippen LogP contribution in [0.2, 0.25) is 0 Å². The van der Waals surface area contributed by atoms with Crippen molar-refractivity contribution in [3.05, 3.63) is 0 Å². The minimum absolute atomic E-state index is 0.0967. The van der Waals surface area contributed by atoms with Crippen LogP contribution < -0.4 is 0 Å². The maximum Gasteiger partial charge on any atom is 0.306 e. The van der Waals surface area contributed by atoms with Crippen LogP contribution in [-0.2, 0) is 4.79 Å². The summed E-state index contributed by atoms with van der Waals surface area (Å²) >= 11 is 0. The van der Waals surface area contributed by atoms with E-state index in [4.69, 9.17) is 5.11 Å². The Morgan fingerprint density at radius 1 is 1.46 bits per heavy atom. The summed E-state index contributed by atoms with van der Waals surface area (Å²) in [4.78, 5) is 10.7. The number of carboxylic acids is 1. The molecule has 0 radical (unpaired) electrons. The Bertz CT molecular complexity index is 159. The molecule has 1 aliphatic rings. The van der Waals surface area contributed by atoms with Gasteiger partial charge in [-0.3, -0.25) is 4.79 Å². The second kappa shape index (κ2) is 5.25. The highest BCUT2D eigenvalue weighted by molar-refractivity contribution is 5.69. The maximum atomic E-state index is 10.7. The van der Waals surface area contributed by atoms with E-state index in [0.29, 0.717) is 0 Å². The van der Waals surface area contributed by atoms with E-state index in [1.807, 2.05) is 6.92 Å². The first kappa shape index (κ1) is 10.6. The highest BCUT2D eigenvalue weighted by Crippen LogP contribution is 2.30. The van der Waals surface area contributed by atoms with Crippen LogP contribution in [0.4, 0.5) is 0 Å². The lowest BCUT2D eigenvalue weighted by molar-refractivity contribution is -0.142. The molecule has 2 heteroatoms. The molecule has 2 nitrogen and oxygen atoms in total. The van der Waals surface area contributed by atoms with Crippen molar-refractivity contribution in [2.75, 3.05) is 0 Å². The third-order valence-corrected chi connectivity index (χ3v) is 3.24. The molecule has 1 saturated carbocycles. The largest absolute Gasteiger partial charge is 0.481 e. The molecule has 1 N–H and O–H groups in total. The second-order valence-corrected chi connectivity index (χ2v) is 4.17. The van der Waals surface area contributed by atoms with Crippen molar-refractivity contribution in [3.8, 4) is 0 Å². The molecule has 0 aromatic carbocycles. The predicted octanol–water partition coefficient (Wildman–Crippen LogP) is 3.07. The summed E-state index contributed by atoms with van der Waals surface area (Å²) in [6.07, 6.45) is 8.17. The minimum atomic E-state index is -0.611. The fourth-order valence-corrected chi connectivity index (χ4v) is 2.24. The Balaban J connectivity index is 2.18. The number of aliphatic carboxylic acids is 1. The lowest BCUT2D eigenvalue weighted by Gasteiger charge is -2.12. The van der Waals surface area contributed by atoms with E-state index in [9.17, 15) is 4.79 Å². The summed E-state index contributed by atoms with van der Waals surface area (Å²) in [5.41, 5.74) is 0. The van der Waals surface area contributed by atoms with E-state index in [-0.39, 0.29) is 5.92 Å². The smallest absolute Gasteiger partial charge is 0.306 e. The average molecular weight is 184 g/mol. The van der Waals surface area contributed by atoms with E-state index in [1.165, 1.54) is 25.7 Å². The normalized spacial score (nSPS) is 20.4. The Labute approximate surface area is 80.3 Å². The fraction of sp³-hybridized carbons (Fsp3) is 0.909. The third kappa shape index (κ3) is 3.37. The van der Waals surface area contributed by atoms with Gasteiger partial charge in [0.1, 0.15) is 0 Å². The first-order valence-electron chi connectivity index (χ1n) is 5.46. The lowest BCUT2D eigenvalue weighted by Crippen LogP contribution is -2.13. The molecule has 0 amide bonds. The lowest BCUT2D eigenvalue weighted by atomic mass is 9.93. The summed E-state index contributed by atoms with van der Waals surface area (Å²) in [7, 11) is 0. The molecule has 0 saturated heterocycles. The van der Waals surface area contributed by atoms with Gasteiger partial charge in [-0.15, -0.1) is 0 Å². The van der Waals surface area contributed by atoms with Crippen molar-refractivity contribution in [1.82, 2.24) is 0 Å². The quantitative estimate of drug-likeness (QED) is 0.713. The monoisotopic (exact) mass is 184 g/mol. The Kier molecular flexibility index (Phi) is 4.26. The predicted molar refractivity (Wildman–Crippen MR) is 52.6 cm³/mol. The van der Waals surface area contributed by atoms with Crippen LogP contribution in [0.25, 0.3) is 0 Å². The Morgan fingerprint density at radius 2 is 2.08 bits per heavy atom. The van der Waals surface area contributed by atoms with E-state index in [0.717, 1.165) is 25.2 Å². The summed E-state index contributed by atoms with van der Waals surface area (Å²) < 4.78 is 0. The number of rotatable bonds is 5. The highest BCUT2D eigenvalue weighted by atomic mass is 16.4. The van der Waals surface area contributed by atoms with Crippen LogP contribution in [-0.4, -0.2) is 11.1 Å². The van der Waals surface area contributed by atoms with Gasteiger partial charge >= 0.3 is 5.97 Å². The Hall–Kier alpha value is -0.530. The molecule has 0 bridgehead atoms. The van der Waals surface area contributed by atoms with Gasteiger partial charge in [-0.05, 0) is 25.2 Å². The highest BCUT2D eigenvalue weighted by Gasteiger charge is 2.19. The molecule has 1 atom stereocenters. The van der Waals surface area contributed by atoms with Crippen molar-refractivity contribution >= 4 is 5.97 Å². The van der Waals surface area contributed by atoms with Gasteiger partial charge in [-0.1, -0.05) is 32.6 Å². The number of carbonyl (C=O) groups is 1. The van der Waals surface area contributed by atoms with Crippen molar-refractivity contribution in [2.45, 2.75) is 51.9 Å². The zero-order chi connectivity index (χ0) is 9.68. The van der Waals surface area contributed by atoms with Crippen molar-refractivity contribution in [2.24, 2.45) is 11.8 Å². The molecule has 0 aromatic heterocycles. The zero-order valence-corrected chi connectivity index (χ0v) is 8.46. The molecule has 0 aromatic rings. The van der Waals surface area contributed by atoms with Crippen molar-refractivity contribution in [3.63, 3.8) is 0 Å². The molecule has 1 rings (SSSR count). The minimum Gasteiger partial charge on any atom is -0.481 e. The van der Waals surface area contributed by atoms with Crippen LogP contribution in [0, 0.1) is 11.8 Å². The molecular weight excluding hydrogens is 164 g/mol. The second-order valence-electron chi connectivity index (χ2n) is 4.17. The summed E-state index contributed by atoms with van der Waals surface area (Å²) in [5.74, 6) is 0.120. The molecule has 13 heavy (non-hydrogen) atoms. The molecule has 76 valence electrons. The molecule has 0 aliphatic heterocycles. The van der Waals surface area contributed by atoms with Gasteiger partial charge in [-0.25, -0.2) is 0 Å². The van der Waals surface area contributed by atoms with Gasteiger partial charge in [0.05, 0.1) is 5.92 Å². The molecule has 0 heterocycles. The van der Waals surface area contributed by atoms with Crippen LogP contribution in [0.1, 0.15) is 51.9 Å². The Morgan fingerprint density at radius 3 is 2.54 bits per heavy atom. The number of hydrogen-bond donors (Lipinski definition) is 1. The topological polar surface area (TPSA) is 37.3 Å². The number of hydrogen-bond acceptors (Lipinski definition) is 1. The zero-order valence-electron chi connectivity index (χ0n) is 8.46. The van der Waals surface area contributed by atoms with Gasteiger partial charge in [0.25, 0.3) is 0 Å². The van der Waals surface area contributed by atoms with E-state index in [1.54, 1.807) is 0 Å². The SMILES string of the molecule is CCC(CCC1CCCC1)C(=O)O. The van der Waals surface area contributed by atoms with Gasteiger partial charge in [0, 0.05) is 0 Å². The van der Waals surface area contributed by atoms with Crippen molar-refractivity contribution in [1.29, 1.82) is 0 Å². The summed E-state index contributed by atoms with van der Waals surface area (Å²) in [5, 5.41) is 8.85. The third-order valence-electron chi connectivity index (χ3n) is 3.24. The van der Waals surface area contributed by atoms with Crippen molar-refractivity contribution < 1.29 is 9.90 Å². The maximum absolute atomic E-state index is 10.7. The molecule has 1 unspecified atom stereocenters. The van der Waals surface area contributed by atoms with Gasteiger partial charge in [0.2, 0.25) is 0 Å². The van der Waals surface area contributed by atoms with Gasteiger partial charge < -0.3 is 5.11 Å². The molecule has 1 aliphatic carbocycles. The summed E-state index contributed by atoms with van der Waals surface area (Å²) in [6, 6.07) is 0.